The lowest BCUT2D eigenvalue weighted by molar-refractivity contribution is -0.137. The van der Waals surface area contributed by atoms with Crippen LogP contribution in [0.4, 0.5) is 18.0 Å². The number of carbonyl (C=O) groups is 3. The largest absolute Gasteiger partial charge is 0.416 e. The molecule has 0 aromatic heterocycles. The Bertz CT molecular complexity index is 803. The summed E-state index contributed by atoms with van der Waals surface area (Å²) >= 11 is 0. The third-order valence-corrected chi connectivity index (χ3v) is 5.66. The number of carbonyl (C=O) groups excluding carboxylic acids is 3. The minimum atomic E-state index is -4.41. The number of benzene rings is 1. The fraction of sp³-hybridized carbons (Fsp3) is 0.550. The van der Waals surface area contributed by atoms with Gasteiger partial charge in [0.15, 0.2) is 0 Å². The van der Waals surface area contributed by atoms with E-state index in [1.54, 1.807) is 0 Å². The molecule has 2 atom stereocenters. The Labute approximate surface area is 166 Å². The van der Waals surface area contributed by atoms with Gasteiger partial charge >= 0.3 is 12.2 Å². The molecule has 29 heavy (non-hydrogen) atoms. The second-order valence-electron chi connectivity index (χ2n) is 8.12. The minimum absolute atomic E-state index is 0.00962. The maximum Gasteiger partial charge on any atom is 0.416 e. The molecular weight excluding hydrogens is 387 g/mol. The summed E-state index contributed by atoms with van der Waals surface area (Å²) in [6.07, 6.45) is -2.54. The minimum Gasteiger partial charge on any atom is -0.353 e. The van der Waals surface area contributed by atoms with Crippen molar-refractivity contribution in [1.29, 1.82) is 0 Å². The molecule has 0 spiro atoms. The predicted octanol–water partition coefficient (Wildman–Crippen LogP) is 2.62. The number of nitrogens with one attached hydrogen (secondary N) is 3. The molecule has 0 radical (unpaired) electrons. The number of alkyl halides is 3. The first-order valence-electron chi connectivity index (χ1n) is 9.60. The Balaban J connectivity index is 1.67. The van der Waals surface area contributed by atoms with E-state index < -0.39 is 35.1 Å². The topological polar surface area (TPSA) is 87.3 Å². The van der Waals surface area contributed by atoms with Gasteiger partial charge in [-0.25, -0.2) is 4.79 Å². The zero-order chi connectivity index (χ0) is 21.4. The molecule has 3 rings (SSSR count). The van der Waals surface area contributed by atoms with Crippen LogP contribution in [0, 0.1) is 17.8 Å². The van der Waals surface area contributed by atoms with Crippen molar-refractivity contribution in [3.8, 4) is 0 Å². The fourth-order valence-corrected chi connectivity index (χ4v) is 3.71. The lowest BCUT2D eigenvalue weighted by atomic mass is 9.87. The zero-order valence-corrected chi connectivity index (χ0v) is 16.2. The lowest BCUT2D eigenvalue weighted by Gasteiger charge is -2.28. The first kappa shape index (κ1) is 21.1. The van der Waals surface area contributed by atoms with Crippen LogP contribution < -0.4 is 16.0 Å². The molecule has 1 aliphatic heterocycles. The number of hydrogen-bond acceptors (Lipinski definition) is 3. The molecule has 1 unspecified atom stereocenters. The van der Waals surface area contributed by atoms with Crippen molar-refractivity contribution in [2.24, 2.45) is 17.8 Å². The summed E-state index contributed by atoms with van der Waals surface area (Å²) in [5.41, 5.74) is -1.24. The smallest absolute Gasteiger partial charge is 0.353 e. The van der Waals surface area contributed by atoms with Crippen LogP contribution in [0.3, 0.4) is 0 Å². The van der Waals surface area contributed by atoms with Gasteiger partial charge in [0.2, 0.25) is 5.91 Å². The first-order valence-corrected chi connectivity index (χ1v) is 9.60. The number of urea groups is 1. The standard InChI is InChI=1S/C20H24F3N3O3/c1-11(2)15(9-12-3-5-14(6-4-12)20(21,22)23)16(27)24-10-19(13-7-8-13)17(28)25-18(29)26-19/h3-6,11,13,15H,7-10H2,1-2H3,(H,24,27)(H2,25,26,28,29)/t15?,19-/m0/s1. The number of imide groups is 1. The molecule has 1 saturated heterocycles. The van der Waals surface area contributed by atoms with Gasteiger partial charge in [-0.2, -0.15) is 13.2 Å². The summed E-state index contributed by atoms with van der Waals surface area (Å²) in [6, 6.07) is 4.20. The van der Waals surface area contributed by atoms with Crippen molar-refractivity contribution in [1.82, 2.24) is 16.0 Å². The Morgan fingerprint density at radius 3 is 2.28 bits per heavy atom. The SMILES string of the molecule is CC(C)C(Cc1ccc(C(F)(F)F)cc1)C(=O)NC[C@@]1(C2CC2)NC(=O)NC1=O. The molecule has 1 heterocycles. The highest BCUT2D eigenvalue weighted by atomic mass is 19.4. The molecule has 9 heteroatoms. The van der Waals surface area contributed by atoms with Crippen LogP contribution >= 0.6 is 0 Å². The molecule has 1 saturated carbocycles. The van der Waals surface area contributed by atoms with Crippen LogP contribution in [0.1, 0.15) is 37.8 Å². The van der Waals surface area contributed by atoms with Gasteiger partial charge < -0.3 is 10.6 Å². The fourth-order valence-electron chi connectivity index (χ4n) is 3.71. The summed E-state index contributed by atoms with van der Waals surface area (Å²) < 4.78 is 38.2. The van der Waals surface area contributed by atoms with E-state index in [0.29, 0.717) is 5.56 Å². The summed E-state index contributed by atoms with van der Waals surface area (Å²) in [4.78, 5) is 36.7. The average Bonchev–Trinajstić information content (AvgIpc) is 3.43. The molecule has 0 bridgehead atoms. The Morgan fingerprint density at radius 2 is 1.83 bits per heavy atom. The van der Waals surface area contributed by atoms with E-state index in [-0.39, 0.29) is 30.7 Å². The molecule has 158 valence electrons. The zero-order valence-electron chi connectivity index (χ0n) is 16.2. The molecule has 1 aliphatic carbocycles. The van der Waals surface area contributed by atoms with Gasteiger partial charge in [0, 0.05) is 5.92 Å². The molecule has 4 amide bonds. The van der Waals surface area contributed by atoms with Crippen LogP contribution in [-0.4, -0.2) is 29.9 Å². The monoisotopic (exact) mass is 411 g/mol. The number of amides is 4. The third-order valence-electron chi connectivity index (χ3n) is 5.66. The highest BCUT2D eigenvalue weighted by Crippen LogP contribution is 2.41. The second kappa shape index (κ2) is 7.68. The molecule has 6 nitrogen and oxygen atoms in total. The normalized spacial score (nSPS) is 23.0. The van der Waals surface area contributed by atoms with Crippen molar-refractivity contribution in [3.05, 3.63) is 35.4 Å². The van der Waals surface area contributed by atoms with E-state index >= 15 is 0 Å². The molecular formula is C20H24F3N3O3. The summed E-state index contributed by atoms with van der Waals surface area (Å²) in [5.74, 6) is -1.30. The van der Waals surface area contributed by atoms with E-state index in [4.69, 9.17) is 0 Å². The van der Waals surface area contributed by atoms with Crippen molar-refractivity contribution < 1.29 is 27.6 Å². The first-order chi connectivity index (χ1) is 13.5. The van der Waals surface area contributed by atoms with E-state index in [9.17, 15) is 27.6 Å². The molecule has 3 N–H and O–H groups in total. The van der Waals surface area contributed by atoms with E-state index in [0.717, 1.165) is 25.0 Å². The Hall–Kier alpha value is -2.58. The number of halogens is 3. The van der Waals surface area contributed by atoms with Crippen molar-refractivity contribution in [3.63, 3.8) is 0 Å². The van der Waals surface area contributed by atoms with E-state index in [1.807, 2.05) is 13.8 Å². The molecule has 1 aromatic carbocycles. The number of hydrogen-bond donors (Lipinski definition) is 3. The predicted molar refractivity (Wildman–Crippen MR) is 98.6 cm³/mol. The summed E-state index contributed by atoms with van der Waals surface area (Å²) in [6.45, 7) is 3.70. The third kappa shape index (κ3) is 4.54. The van der Waals surface area contributed by atoms with Gasteiger partial charge in [-0.3, -0.25) is 14.9 Å². The Morgan fingerprint density at radius 1 is 1.21 bits per heavy atom. The van der Waals surface area contributed by atoms with Crippen molar-refractivity contribution >= 4 is 17.8 Å². The van der Waals surface area contributed by atoms with Crippen LogP contribution in [0.25, 0.3) is 0 Å². The Kier molecular flexibility index (Phi) is 5.60. The van der Waals surface area contributed by atoms with Crippen molar-refractivity contribution in [2.75, 3.05) is 6.54 Å². The molecule has 2 fully saturated rings. The highest BCUT2D eigenvalue weighted by molar-refractivity contribution is 6.07. The van der Waals surface area contributed by atoms with Gasteiger partial charge in [-0.15, -0.1) is 0 Å². The van der Waals surface area contributed by atoms with Gasteiger partial charge in [0.25, 0.3) is 5.91 Å². The van der Waals surface area contributed by atoms with E-state index in [2.05, 4.69) is 16.0 Å². The van der Waals surface area contributed by atoms with Gasteiger partial charge in [0.1, 0.15) is 5.54 Å². The van der Waals surface area contributed by atoms with Crippen LogP contribution in [0.5, 0.6) is 0 Å². The van der Waals surface area contributed by atoms with Gasteiger partial charge in [-0.1, -0.05) is 26.0 Å². The van der Waals surface area contributed by atoms with Crippen LogP contribution in [0.15, 0.2) is 24.3 Å². The van der Waals surface area contributed by atoms with Crippen molar-refractivity contribution in [2.45, 2.75) is 44.8 Å². The summed E-state index contributed by atoms with van der Waals surface area (Å²) in [7, 11) is 0. The summed E-state index contributed by atoms with van der Waals surface area (Å²) in [5, 5.41) is 7.66. The van der Waals surface area contributed by atoms with Crippen LogP contribution in [-0.2, 0) is 22.2 Å². The second-order valence-corrected chi connectivity index (χ2v) is 8.12. The van der Waals surface area contributed by atoms with Gasteiger partial charge in [0.05, 0.1) is 12.1 Å². The molecule has 2 aliphatic rings. The van der Waals surface area contributed by atoms with E-state index in [1.165, 1.54) is 12.1 Å². The number of rotatable bonds is 7. The average molecular weight is 411 g/mol. The maximum atomic E-state index is 12.8. The highest BCUT2D eigenvalue weighted by Gasteiger charge is 2.56. The maximum absolute atomic E-state index is 12.8. The molecule has 1 aromatic rings. The lowest BCUT2D eigenvalue weighted by Crippen LogP contribution is -2.57. The van der Waals surface area contributed by atoms with Crippen LogP contribution in [0.2, 0.25) is 0 Å². The van der Waals surface area contributed by atoms with Gasteiger partial charge in [-0.05, 0) is 48.8 Å². The quantitative estimate of drug-likeness (QED) is 0.603.